The summed E-state index contributed by atoms with van der Waals surface area (Å²) in [6, 6.07) is 0. The Balaban J connectivity index is 3.49. The van der Waals surface area contributed by atoms with E-state index in [0.29, 0.717) is 19.8 Å². The number of carbonyl (C=O) groups excluding carboxylic acids is 1. The molecule has 0 aromatic heterocycles. The maximum absolute atomic E-state index is 10.9. The predicted octanol–water partition coefficient (Wildman–Crippen LogP) is -1.10. The summed E-state index contributed by atoms with van der Waals surface area (Å²) in [5, 5.41) is 20.8. The topological polar surface area (TPSA) is 88.0 Å². The fourth-order valence-electron chi connectivity index (χ4n) is 0.945. The summed E-state index contributed by atoms with van der Waals surface area (Å²) in [5.74, 6) is -0.394. The lowest BCUT2D eigenvalue weighted by Crippen LogP contribution is -2.50. The van der Waals surface area contributed by atoms with E-state index < -0.39 is 11.5 Å². The van der Waals surface area contributed by atoms with Crippen molar-refractivity contribution < 1.29 is 24.5 Å². The first kappa shape index (κ1) is 15.3. The highest BCUT2D eigenvalue weighted by atomic mass is 16.6. The monoisotopic (exact) mass is 235 g/mol. The molecule has 0 saturated carbocycles. The average molecular weight is 235 g/mol. The average Bonchev–Trinajstić information content (AvgIpc) is 2.28. The molecule has 6 heteroatoms. The Morgan fingerprint density at radius 3 is 2.50 bits per heavy atom. The standard InChI is InChI=1S/C10H21NO5/c1-3-16-9(14)6-15-5-4-11-10(2,7-12)8-13/h11-13H,3-8H2,1-2H3. The first-order chi connectivity index (χ1) is 7.58. The number of esters is 1. The van der Waals surface area contributed by atoms with Crippen LogP contribution in [0.5, 0.6) is 0 Å². The van der Waals surface area contributed by atoms with Crippen LogP contribution in [-0.2, 0) is 14.3 Å². The van der Waals surface area contributed by atoms with E-state index in [1.54, 1.807) is 13.8 Å². The van der Waals surface area contributed by atoms with Crippen molar-refractivity contribution in [2.45, 2.75) is 19.4 Å². The molecule has 3 N–H and O–H groups in total. The summed E-state index contributed by atoms with van der Waals surface area (Å²) < 4.78 is 9.70. The predicted molar refractivity (Wildman–Crippen MR) is 58.0 cm³/mol. The van der Waals surface area contributed by atoms with Gasteiger partial charge in [-0.2, -0.15) is 0 Å². The molecule has 0 aliphatic carbocycles. The number of carbonyl (C=O) groups is 1. The zero-order valence-electron chi connectivity index (χ0n) is 9.86. The number of hydrogen-bond acceptors (Lipinski definition) is 6. The molecule has 0 aliphatic rings. The number of ether oxygens (including phenoxy) is 2. The molecule has 0 rings (SSSR count). The van der Waals surface area contributed by atoms with Crippen molar-refractivity contribution in [2.24, 2.45) is 0 Å². The van der Waals surface area contributed by atoms with Gasteiger partial charge in [-0.1, -0.05) is 0 Å². The Bertz CT molecular complexity index is 194. The fourth-order valence-corrected chi connectivity index (χ4v) is 0.945. The summed E-state index contributed by atoms with van der Waals surface area (Å²) in [4.78, 5) is 10.9. The van der Waals surface area contributed by atoms with Gasteiger partial charge in [0, 0.05) is 6.54 Å². The van der Waals surface area contributed by atoms with Crippen molar-refractivity contribution >= 4 is 5.97 Å². The Labute approximate surface area is 95.6 Å². The molecule has 96 valence electrons. The third kappa shape index (κ3) is 6.73. The molecule has 0 aromatic carbocycles. The Morgan fingerprint density at radius 1 is 1.38 bits per heavy atom. The van der Waals surface area contributed by atoms with E-state index in [-0.39, 0.29) is 19.8 Å². The molecule has 0 amide bonds. The van der Waals surface area contributed by atoms with Gasteiger partial charge in [0.05, 0.1) is 32.0 Å². The van der Waals surface area contributed by atoms with Crippen LogP contribution in [0.3, 0.4) is 0 Å². The second-order valence-corrected chi connectivity index (χ2v) is 3.66. The van der Waals surface area contributed by atoms with Gasteiger partial charge in [-0.15, -0.1) is 0 Å². The van der Waals surface area contributed by atoms with Gasteiger partial charge in [-0.05, 0) is 13.8 Å². The highest BCUT2D eigenvalue weighted by molar-refractivity contribution is 5.70. The molecule has 0 aliphatic heterocycles. The summed E-state index contributed by atoms with van der Waals surface area (Å²) in [6.45, 7) is 4.11. The number of hydrogen-bond donors (Lipinski definition) is 3. The number of rotatable bonds is 9. The van der Waals surface area contributed by atoms with Crippen LogP contribution in [0.15, 0.2) is 0 Å². The van der Waals surface area contributed by atoms with Crippen LogP contribution in [0.1, 0.15) is 13.8 Å². The van der Waals surface area contributed by atoms with Crippen LogP contribution in [-0.4, -0.2) is 61.3 Å². The third-order valence-corrected chi connectivity index (χ3v) is 2.02. The van der Waals surface area contributed by atoms with Crippen LogP contribution in [0.4, 0.5) is 0 Å². The molecular weight excluding hydrogens is 214 g/mol. The van der Waals surface area contributed by atoms with Gasteiger partial charge in [0.1, 0.15) is 6.61 Å². The molecule has 16 heavy (non-hydrogen) atoms. The second kappa shape index (κ2) is 8.46. The Hall–Kier alpha value is -0.690. The van der Waals surface area contributed by atoms with E-state index in [0.717, 1.165) is 0 Å². The van der Waals surface area contributed by atoms with Crippen molar-refractivity contribution in [3.8, 4) is 0 Å². The molecule has 0 saturated heterocycles. The Kier molecular flexibility index (Phi) is 8.10. The first-order valence-corrected chi connectivity index (χ1v) is 5.28. The molecule has 0 bridgehead atoms. The quantitative estimate of drug-likeness (QED) is 0.347. The molecule has 0 spiro atoms. The van der Waals surface area contributed by atoms with Crippen molar-refractivity contribution in [1.29, 1.82) is 0 Å². The minimum Gasteiger partial charge on any atom is -0.464 e. The van der Waals surface area contributed by atoms with Crippen LogP contribution in [0, 0.1) is 0 Å². The zero-order chi connectivity index (χ0) is 12.4. The first-order valence-electron chi connectivity index (χ1n) is 5.28. The van der Waals surface area contributed by atoms with E-state index in [9.17, 15) is 4.79 Å². The summed E-state index contributed by atoms with van der Waals surface area (Å²) in [6.07, 6.45) is 0. The van der Waals surface area contributed by atoms with Crippen LogP contribution in [0.25, 0.3) is 0 Å². The molecule has 0 radical (unpaired) electrons. The van der Waals surface area contributed by atoms with Crippen molar-refractivity contribution in [2.75, 3.05) is 39.6 Å². The lowest BCUT2D eigenvalue weighted by Gasteiger charge is -2.26. The molecule has 0 atom stereocenters. The number of nitrogens with one attached hydrogen (secondary N) is 1. The summed E-state index contributed by atoms with van der Waals surface area (Å²) in [7, 11) is 0. The molecule has 0 aromatic rings. The molecule has 6 nitrogen and oxygen atoms in total. The highest BCUT2D eigenvalue weighted by Gasteiger charge is 2.20. The van der Waals surface area contributed by atoms with Crippen molar-refractivity contribution in [1.82, 2.24) is 5.32 Å². The fraction of sp³-hybridized carbons (Fsp3) is 0.900. The van der Waals surface area contributed by atoms with Gasteiger partial charge in [-0.3, -0.25) is 0 Å². The summed E-state index contributed by atoms with van der Waals surface area (Å²) >= 11 is 0. The smallest absolute Gasteiger partial charge is 0.332 e. The minimum atomic E-state index is -0.715. The van der Waals surface area contributed by atoms with Gasteiger partial charge in [0.25, 0.3) is 0 Å². The molecular formula is C10H21NO5. The van der Waals surface area contributed by atoms with E-state index in [1.807, 2.05) is 0 Å². The van der Waals surface area contributed by atoms with Crippen molar-refractivity contribution in [3.63, 3.8) is 0 Å². The van der Waals surface area contributed by atoms with Gasteiger partial charge in [0.15, 0.2) is 0 Å². The molecule has 0 unspecified atom stereocenters. The molecule has 0 heterocycles. The number of aliphatic hydroxyl groups excluding tert-OH is 2. The maximum atomic E-state index is 10.9. The van der Waals surface area contributed by atoms with Crippen LogP contribution < -0.4 is 5.32 Å². The largest absolute Gasteiger partial charge is 0.464 e. The van der Waals surface area contributed by atoms with Crippen molar-refractivity contribution in [3.05, 3.63) is 0 Å². The lowest BCUT2D eigenvalue weighted by molar-refractivity contribution is -0.148. The second-order valence-electron chi connectivity index (χ2n) is 3.66. The summed E-state index contributed by atoms with van der Waals surface area (Å²) in [5.41, 5.74) is -0.715. The van der Waals surface area contributed by atoms with E-state index >= 15 is 0 Å². The molecule has 0 fully saturated rings. The zero-order valence-corrected chi connectivity index (χ0v) is 9.86. The Morgan fingerprint density at radius 2 is 2.00 bits per heavy atom. The van der Waals surface area contributed by atoms with Gasteiger partial charge in [0.2, 0.25) is 0 Å². The van der Waals surface area contributed by atoms with Gasteiger partial charge >= 0.3 is 5.97 Å². The third-order valence-electron chi connectivity index (χ3n) is 2.02. The lowest BCUT2D eigenvalue weighted by atomic mass is 10.1. The normalized spacial score (nSPS) is 11.5. The van der Waals surface area contributed by atoms with E-state index in [4.69, 9.17) is 14.9 Å². The van der Waals surface area contributed by atoms with Crippen LogP contribution in [0.2, 0.25) is 0 Å². The van der Waals surface area contributed by atoms with Crippen LogP contribution >= 0.6 is 0 Å². The van der Waals surface area contributed by atoms with Gasteiger partial charge in [-0.25, -0.2) is 4.79 Å². The minimum absolute atomic E-state index is 0.0789. The number of aliphatic hydroxyl groups is 2. The van der Waals surface area contributed by atoms with E-state index in [2.05, 4.69) is 10.1 Å². The highest BCUT2D eigenvalue weighted by Crippen LogP contribution is 1.99. The SMILES string of the molecule is CCOC(=O)COCCNC(C)(CO)CO. The van der Waals surface area contributed by atoms with Gasteiger partial charge < -0.3 is 25.0 Å². The van der Waals surface area contributed by atoms with E-state index in [1.165, 1.54) is 0 Å². The maximum Gasteiger partial charge on any atom is 0.332 e.